The minimum Gasteiger partial charge on any atom is -0.369 e. The average molecular weight is 448 g/mol. The summed E-state index contributed by atoms with van der Waals surface area (Å²) in [6.07, 6.45) is 12.9. The first kappa shape index (κ1) is 23.5. The molecule has 2 N–H and O–H groups in total. The Morgan fingerprint density at radius 1 is 1.12 bits per heavy atom. The van der Waals surface area contributed by atoms with E-state index in [-0.39, 0.29) is 11.7 Å². The van der Waals surface area contributed by atoms with Crippen LogP contribution in [0.1, 0.15) is 68.3 Å². The Bertz CT molecular complexity index is 981. The number of amides is 1. The summed E-state index contributed by atoms with van der Waals surface area (Å²) in [4.78, 5) is 28.6. The van der Waals surface area contributed by atoms with Crippen LogP contribution in [0.2, 0.25) is 0 Å². The number of ketones is 1. The summed E-state index contributed by atoms with van der Waals surface area (Å²) >= 11 is 0. The molecule has 33 heavy (non-hydrogen) atoms. The smallest absolute Gasteiger partial charge is 0.251 e. The van der Waals surface area contributed by atoms with E-state index in [1.807, 2.05) is 19.1 Å². The Morgan fingerprint density at radius 2 is 2.00 bits per heavy atom. The summed E-state index contributed by atoms with van der Waals surface area (Å²) in [6, 6.07) is 6.58. The molecule has 1 amide bonds. The number of nitrogens with one attached hydrogen (secondary N) is 2. The van der Waals surface area contributed by atoms with Crippen LogP contribution in [0.5, 0.6) is 0 Å². The number of hydrogen-bond acceptors (Lipinski definition) is 4. The molecular formula is C28H37N3O2. The lowest BCUT2D eigenvalue weighted by Gasteiger charge is -2.34. The topological polar surface area (TPSA) is 61.4 Å². The number of carbonyl (C=O) groups excluding carboxylic acids is 2. The van der Waals surface area contributed by atoms with Gasteiger partial charge >= 0.3 is 0 Å². The number of rotatable bonds is 3. The molecule has 0 radical (unpaired) electrons. The molecule has 1 aliphatic carbocycles. The second-order valence-electron chi connectivity index (χ2n) is 9.42. The standard InChI is InChI=1S/C28H37N3O2/c1-3-31(22-10-8-15-29-16-14-22)26-13-7-12-24-23(26)11-6-4-5-9-21-17-20(2)18-27(32)25(21)19-30-28(24)33/h4,6-7,12-13,17,22,29H,3,5,8-11,14-16,18-19H2,1-2H3,(H,30,33)/b6-4+. The fourth-order valence-corrected chi connectivity index (χ4v) is 5.44. The summed E-state index contributed by atoms with van der Waals surface area (Å²) in [5, 5.41) is 6.59. The van der Waals surface area contributed by atoms with Crippen LogP contribution in [-0.4, -0.2) is 43.9 Å². The van der Waals surface area contributed by atoms with E-state index >= 15 is 0 Å². The third kappa shape index (κ3) is 5.47. The highest BCUT2D eigenvalue weighted by Crippen LogP contribution is 2.30. The molecule has 2 heterocycles. The van der Waals surface area contributed by atoms with Crippen LogP contribution in [0.3, 0.4) is 0 Å². The molecular weight excluding hydrogens is 410 g/mol. The van der Waals surface area contributed by atoms with Crippen LogP contribution in [0.25, 0.3) is 0 Å². The van der Waals surface area contributed by atoms with Crippen molar-refractivity contribution in [3.8, 4) is 0 Å². The summed E-state index contributed by atoms with van der Waals surface area (Å²) in [7, 11) is 0. The van der Waals surface area contributed by atoms with E-state index in [4.69, 9.17) is 0 Å². The number of carbonyl (C=O) groups is 2. The number of allylic oxidation sites excluding steroid dienone is 5. The van der Waals surface area contributed by atoms with Gasteiger partial charge in [0.2, 0.25) is 0 Å². The summed E-state index contributed by atoms with van der Waals surface area (Å²) in [5.74, 6) is 0.0461. The fourth-order valence-electron chi connectivity index (χ4n) is 5.44. The van der Waals surface area contributed by atoms with Crippen molar-refractivity contribution in [2.24, 2.45) is 0 Å². The number of benzene rings is 1. The van der Waals surface area contributed by atoms with Crippen molar-refractivity contribution >= 4 is 17.4 Å². The largest absolute Gasteiger partial charge is 0.369 e. The zero-order valence-electron chi connectivity index (χ0n) is 20.1. The van der Waals surface area contributed by atoms with Gasteiger partial charge in [0.1, 0.15) is 0 Å². The zero-order valence-corrected chi connectivity index (χ0v) is 20.1. The first-order chi connectivity index (χ1) is 16.1. The maximum Gasteiger partial charge on any atom is 0.251 e. The summed E-state index contributed by atoms with van der Waals surface area (Å²) < 4.78 is 0. The van der Waals surface area contributed by atoms with Gasteiger partial charge in [-0.3, -0.25) is 9.59 Å². The maximum absolute atomic E-state index is 13.3. The molecule has 1 saturated heterocycles. The Hall–Kier alpha value is -2.66. The lowest BCUT2D eigenvalue weighted by atomic mass is 9.89. The second kappa shape index (κ2) is 11.0. The third-order valence-corrected chi connectivity index (χ3v) is 7.11. The molecule has 5 nitrogen and oxygen atoms in total. The highest BCUT2D eigenvalue weighted by Gasteiger charge is 2.25. The summed E-state index contributed by atoms with van der Waals surface area (Å²) in [5.41, 5.74) is 5.92. The van der Waals surface area contributed by atoms with Gasteiger partial charge in [0.05, 0.1) is 0 Å². The number of hydrogen-bond donors (Lipinski definition) is 2. The van der Waals surface area contributed by atoms with Crippen molar-refractivity contribution in [3.05, 3.63) is 64.3 Å². The molecule has 1 aromatic rings. The number of fused-ring (bicyclic) bond motifs is 1. The minimum absolute atomic E-state index is 0.0923. The lowest BCUT2D eigenvalue weighted by Crippen LogP contribution is -2.37. The van der Waals surface area contributed by atoms with Crippen molar-refractivity contribution < 1.29 is 9.59 Å². The van der Waals surface area contributed by atoms with Gasteiger partial charge in [0.25, 0.3) is 5.91 Å². The van der Waals surface area contributed by atoms with Crippen molar-refractivity contribution in [2.75, 3.05) is 31.1 Å². The van der Waals surface area contributed by atoms with E-state index in [1.165, 1.54) is 18.5 Å². The Kier molecular flexibility index (Phi) is 7.81. The first-order valence-corrected chi connectivity index (χ1v) is 12.5. The molecule has 176 valence electrons. The maximum atomic E-state index is 13.3. The molecule has 2 aliphatic heterocycles. The molecule has 1 atom stereocenters. The Labute approximate surface area is 198 Å². The van der Waals surface area contributed by atoms with E-state index in [0.29, 0.717) is 19.0 Å². The predicted molar refractivity (Wildman–Crippen MR) is 135 cm³/mol. The van der Waals surface area contributed by atoms with Crippen molar-refractivity contribution in [1.29, 1.82) is 0 Å². The van der Waals surface area contributed by atoms with Gasteiger partial charge in [0.15, 0.2) is 5.78 Å². The van der Waals surface area contributed by atoms with Crippen LogP contribution >= 0.6 is 0 Å². The lowest BCUT2D eigenvalue weighted by molar-refractivity contribution is -0.115. The molecule has 4 rings (SSSR count). The van der Waals surface area contributed by atoms with Gasteiger partial charge in [-0.25, -0.2) is 0 Å². The van der Waals surface area contributed by atoms with E-state index in [2.05, 4.69) is 46.8 Å². The van der Waals surface area contributed by atoms with Crippen LogP contribution in [0.15, 0.2) is 53.1 Å². The van der Waals surface area contributed by atoms with Gasteiger partial charge in [-0.1, -0.05) is 29.9 Å². The molecule has 0 bridgehead atoms. The van der Waals surface area contributed by atoms with Crippen LogP contribution < -0.4 is 15.5 Å². The highest BCUT2D eigenvalue weighted by atomic mass is 16.2. The van der Waals surface area contributed by atoms with Gasteiger partial charge in [0, 0.05) is 42.4 Å². The van der Waals surface area contributed by atoms with Crippen molar-refractivity contribution in [1.82, 2.24) is 10.6 Å². The monoisotopic (exact) mass is 447 g/mol. The third-order valence-electron chi connectivity index (χ3n) is 7.11. The molecule has 0 spiro atoms. The van der Waals surface area contributed by atoms with E-state index < -0.39 is 0 Å². The zero-order chi connectivity index (χ0) is 23.2. The van der Waals surface area contributed by atoms with E-state index in [1.54, 1.807) is 0 Å². The van der Waals surface area contributed by atoms with Crippen LogP contribution in [0, 0.1) is 0 Å². The normalized spacial score (nSPS) is 23.2. The first-order valence-electron chi connectivity index (χ1n) is 12.5. The van der Waals surface area contributed by atoms with Gasteiger partial charge in [-0.05, 0) is 88.7 Å². The van der Waals surface area contributed by atoms with Crippen LogP contribution in [-0.2, 0) is 11.2 Å². The molecule has 3 aliphatic rings. The van der Waals surface area contributed by atoms with Gasteiger partial charge in [-0.15, -0.1) is 0 Å². The minimum atomic E-state index is -0.0923. The van der Waals surface area contributed by atoms with Crippen LogP contribution in [0.4, 0.5) is 5.69 Å². The van der Waals surface area contributed by atoms with E-state index in [0.717, 1.165) is 73.2 Å². The van der Waals surface area contributed by atoms with Crippen molar-refractivity contribution in [2.45, 2.75) is 64.8 Å². The highest BCUT2D eigenvalue weighted by molar-refractivity contribution is 6.02. The van der Waals surface area contributed by atoms with Gasteiger partial charge < -0.3 is 15.5 Å². The molecule has 1 unspecified atom stereocenters. The summed E-state index contributed by atoms with van der Waals surface area (Å²) in [6.45, 7) is 7.56. The van der Waals surface area contributed by atoms with Gasteiger partial charge in [-0.2, -0.15) is 0 Å². The predicted octanol–water partition coefficient (Wildman–Crippen LogP) is 4.49. The molecule has 1 aromatic carbocycles. The second-order valence-corrected chi connectivity index (χ2v) is 9.42. The fraction of sp³-hybridized carbons (Fsp3) is 0.500. The quantitative estimate of drug-likeness (QED) is 0.670. The number of Topliss-reactive ketones (excluding diaryl/α,β-unsaturated/α-hetero) is 1. The SMILES string of the molecule is CCN(c1cccc2c1C/C=C/CCC1=C(CNC2=O)C(=O)CC(C)=C1)C1CCCNCC1. The number of nitrogens with zero attached hydrogens (tertiary/aromatic N) is 1. The molecule has 0 saturated carbocycles. The molecule has 1 fully saturated rings. The van der Waals surface area contributed by atoms with E-state index in [9.17, 15) is 9.59 Å². The van der Waals surface area contributed by atoms with Crippen molar-refractivity contribution in [3.63, 3.8) is 0 Å². The molecule has 0 aromatic heterocycles. The number of anilines is 1. The molecule has 5 heteroatoms. The Balaban J connectivity index is 1.67. The average Bonchev–Trinajstić information content (AvgIpc) is 3.08. The Morgan fingerprint density at radius 3 is 2.85 bits per heavy atom.